The largest absolute Gasteiger partial charge is 0.466 e. The van der Waals surface area contributed by atoms with Crippen LogP contribution in [0.4, 0.5) is 0 Å². The van der Waals surface area contributed by atoms with Gasteiger partial charge in [0.05, 0.1) is 18.2 Å². The van der Waals surface area contributed by atoms with Crippen LogP contribution < -0.4 is 10.6 Å². The van der Waals surface area contributed by atoms with Gasteiger partial charge < -0.3 is 15.4 Å². The van der Waals surface area contributed by atoms with Gasteiger partial charge in [-0.05, 0) is 56.4 Å². The fourth-order valence-corrected chi connectivity index (χ4v) is 3.68. The Morgan fingerprint density at radius 3 is 2.69 bits per heavy atom. The maximum absolute atomic E-state index is 11.9. The highest BCUT2D eigenvalue weighted by Gasteiger charge is 2.27. The number of rotatable bonds is 6. The molecule has 3 rings (SSSR count). The number of hydrogen-bond donors (Lipinski definition) is 2. The predicted octanol–water partition coefficient (Wildman–Crippen LogP) is 3.54. The summed E-state index contributed by atoms with van der Waals surface area (Å²) in [5.74, 6) is 0.770. The van der Waals surface area contributed by atoms with E-state index < -0.39 is 0 Å². The lowest BCUT2D eigenvalue weighted by Gasteiger charge is -2.29. The number of aromatic nitrogens is 1. The van der Waals surface area contributed by atoms with Crippen LogP contribution in [0.25, 0.3) is 11.3 Å². The molecule has 2 N–H and O–H groups in total. The Morgan fingerprint density at radius 1 is 1.17 bits per heavy atom. The van der Waals surface area contributed by atoms with E-state index in [2.05, 4.69) is 38.8 Å². The van der Waals surface area contributed by atoms with Gasteiger partial charge in [-0.25, -0.2) is 0 Å². The minimum Gasteiger partial charge on any atom is -0.466 e. The third kappa shape index (κ3) is 6.04. The molecule has 1 aromatic heterocycles. The number of guanidine groups is 1. The molecule has 1 aromatic carbocycles. The zero-order valence-electron chi connectivity index (χ0n) is 17.2. The first-order valence-corrected chi connectivity index (χ1v) is 10.3. The first-order chi connectivity index (χ1) is 14.2. The van der Waals surface area contributed by atoms with E-state index in [9.17, 15) is 4.79 Å². The summed E-state index contributed by atoms with van der Waals surface area (Å²) < 4.78 is 5.15. The number of pyridine rings is 1. The third-order valence-electron chi connectivity index (χ3n) is 5.26. The standard InChI is InChI=1S/C23H30N4O2/c1-3-29-22(28)18-10-12-20(13-11-18)27-23(24-2)26-16-17-7-6-8-19(15-17)21-9-4-5-14-25-21/h4-9,14-15,18,20H,3,10-13,16H2,1-2H3,(H2,24,26,27). The fraction of sp³-hybridized carbons (Fsp3) is 0.435. The number of nitrogens with zero attached hydrogens (tertiary/aromatic N) is 2. The molecule has 0 bridgehead atoms. The van der Waals surface area contributed by atoms with Crippen LogP contribution in [0.5, 0.6) is 0 Å². The van der Waals surface area contributed by atoms with Crippen LogP contribution in [0.1, 0.15) is 38.2 Å². The molecule has 29 heavy (non-hydrogen) atoms. The fourth-order valence-electron chi connectivity index (χ4n) is 3.68. The number of nitrogens with one attached hydrogen (secondary N) is 2. The second kappa shape index (κ2) is 10.6. The average molecular weight is 395 g/mol. The van der Waals surface area contributed by atoms with Crippen LogP contribution in [0.2, 0.25) is 0 Å². The molecule has 6 nitrogen and oxygen atoms in total. The van der Waals surface area contributed by atoms with Gasteiger partial charge in [-0.3, -0.25) is 14.8 Å². The molecule has 0 radical (unpaired) electrons. The molecule has 0 spiro atoms. The number of benzene rings is 1. The Labute approximate surface area is 172 Å². The maximum Gasteiger partial charge on any atom is 0.308 e. The quantitative estimate of drug-likeness (QED) is 0.445. The lowest BCUT2D eigenvalue weighted by atomic mass is 9.86. The van der Waals surface area contributed by atoms with Gasteiger partial charge in [0, 0.05) is 31.4 Å². The van der Waals surface area contributed by atoms with Crippen molar-refractivity contribution >= 4 is 11.9 Å². The molecule has 1 fully saturated rings. The van der Waals surface area contributed by atoms with Crippen molar-refractivity contribution in [1.29, 1.82) is 0 Å². The number of ether oxygens (including phenoxy) is 1. The summed E-state index contributed by atoms with van der Waals surface area (Å²) in [6.07, 6.45) is 5.42. The molecule has 0 atom stereocenters. The molecule has 154 valence electrons. The van der Waals surface area contributed by atoms with Crippen molar-refractivity contribution in [2.24, 2.45) is 10.9 Å². The Bertz CT molecular complexity index is 815. The van der Waals surface area contributed by atoms with Gasteiger partial charge in [-0.2, -0.15) is 0 Å². The van der Waals surface area contributed by atoms with Crippen LogP contribution in [-0.2, 0) is 16.1 Å². The zero-order chi connectivity index (χ0) is 20.5. The molecule has 0 saturated heterocycles. The first kappa shape index (κ1) is 20.8. The number of aliphatic imine (C=N–C) groups is 1. The molecular formula is C23H30N4O2. The van der Waals surface area contributed by atoms with E-state index in [0.29, 0.717) is 19.2 Å². The highest BCUT2D eigenvalue weighted by Crippen LogP contribution is 2.25. The van der Waals surface area contributed by atoms with E-state index in [1.165, 1.54) is 5.56 Å². The van der Waals surface area contributed by atoms with E-state index >= 15 is 0 Å². The Morgan fingerprint density at radius 2 is 2.00 bits per heavy atom. The number of carbonyl (C=O) groups is 1. The number of esters is 1. The van der Waals surface area contributed by atoms with Crippen LogP contribution in [0.15, 0.2) is 53.7 Å². The summed E-state index contributed by atoms with van der Waals surface area (Å²) >= 11 is 0. The summed E-state index contributed by atoms with van der Waals surface area (Å²) in [6, 6.07) is 14.6. The van der Waals surface area contributed by atoms with E-state index in [4.69, 9.17) is 4.74 Å². The van der Waals surface area contributed by atoms with Crippen LogP contribution in [0.3, 0.4) is 0 Å². The molecule has 1 aliphatic carbocycles. The monoisotopic (exact) mass is 394 g/mol. The molecule has 0 unspecified atom stereocenters. The van der Waals surface area contributed by atoms with Crippen LogP contribution in [0, 0.1) is 5.92 Å². The average Bonchev–Trinajstić information content (AvgIpc) is 2.78. The first-order valence-electron chi connectivity index (χ1n) is 10.3. The smallest absolute Gasteiger partial charge is 0.308 e. The van der Waals surface area contributed by atoms with Crippen molar-refractivity contribution in [3.8, 4) is 11.3 Å². The van der Waals surface area contributed by atoms with Crippen molar-refractivity contribution in [1.82, 2.24) is 15.6 Å². The molecular weight excluding hydrogens is 364 g/mol. The molecule has 1 saturated carbocycles. The Hall–Kier alpha value is -2.89. The van der Waals surface area contributed by atoms with Gasteiger partial charge in [-0.15, -0.1) is 0 Å². The minimum atomic E-state index is -0.0544. The summed E-state index contributed by atoms with van der Waals surface area (Å²) in [4.78, 5) is 20.7. The van der Waals surface area contributed by atoms with Gasteiger partial charge in [-0.1, -0.05) is 24.3 Å². The van der Waals surface area contributed by atoms with Gasteiger partial charge in [0.2, 0.25) is 0 Å². The molecule has 2 aromatic rings. The van der Waals surface area contributed by atoms with Crippen LogP contribution >= 0.6 is 0 Å². The van der Waals surface area contributed by atoms with E-state index in [1.807, 2.05) is 37.4 Å². The minimum absolute atomic E-state index is 0.0392. The van der Waals surface area contributed by atoms with Crippen molar-refractivity contribution in [2.75, 3.05) is 13.7 Å². The molecule has 0 aliphatic heterocycles. The second-order valence-corrected chi connectivity index (χ2v) is 7.29. The highest BCUT2D eigenvalue weighted by atomic mass is 16.5. The van der Waals surface area contributed by atoms with Gasteiger partial charge >= 0.3 is 5.97 Å². The van der Waals surface area contributed by atoms with Crippen molar-refractivity contribution in [2.45, 2.75) is 45.2 Å². The Kier molecular flexibility index (Phi) is 7.61. The van der Waals surface area contributed by atoms with Crippen molar-refractivity contribution in [3.05, 3.63) is 54.2 Å². The molecule has 0 amide bonds. The third-order valence-corrected chi connectivity index (χ3v) is 5.26. The summed E-state index contributed by atoms with van der Waals surface area (Å²) in [5.41, 5.74) is 3.24. The van der Waals surface area contributed by atoms with Crippen molar-refractivity contribution < 1.29 is 9.53 Å². The normalized spacial score (nSPS) is 19.4. The lowest BCUT2D eigenvalue weighted by Crippen LogP contribution is -2.45. The number of carbonyl (C=O) groups excluding carboxylic acids is 1. The zero-order valence-corrected chi connectivity index (χ0v) is 17.2. The summed E-state index contributed by atoms with van der Waals surface area (Å²) in [5, 5.41) is 6.88. The van der Waals surface area contributed by atoms with E-state index in [1.54, 1.807) is 7.05 Å². The van der Waals surface area contributed by atoms with E-state index in [0.717, 1.165) is 42.9 Å². The number of hydrogen-bond acceptors (Lipinski definition) is 4. The maximum atomic E-state index is 11.9. The Balaban J connectivity index is 1.50. The topological polar surface area (TPSA) is 75.6 Å². The van der Waals surface area contributed by atoms with Gasteiger partial charge in [0.1, 0.15) is 0 Å². The van der Waals surface area contributed by atoms with E-state index in [-0.39, 0.29) is 11.9 Å². The van der Waals surface area contributed by atoms with Crippen LogP contribution in [-0.4, -0.2) is 36.6 Å². The lowest BCUT2D eigenvalue weighted by molar-refractivity contribution is -0.149. The SMILES string of the molecule is CCOC(=O)C1CCC(NC(=NC)NCc2cccc(-c3ccccn3)c2)CC1. The van der Waals surface area contributed by atoms with Crippen molar-refractivity contribution in [3.63, 3.8) is 0 Å². The second-order valence-electron chi connectivity index (χ2n) is 7.29. The highest BCUT2D eigenvalue weighted by molar-refractivity contribution is 5.80. The predicted molar refractivity (Wildman–Crippen MR) is 115 cm³/mol. The molecule has 1 aliphatic rings. The summed E-state index contributed by atoms with van der Waals surface area (Å²) in [7, 11) is 1.78. The van der Waals surface area contributed by atoms with Gasteiger partial charge in [0.15, 0.2) is 5.96 Å². The summed E-state index contributed by atoms with van der Waals surface area (Å²) in [6.45, 7) is 2.99. The van der Waals surface area contributed by atoms with Gasteiger partial charge in [0.25, 0.3) is 0 Å². The molecule has 1 heterocycles. The molecule has 6 heteroatoms.